The number of carbonyl (C=O) groups is 3. The van der Waals surface area contributed by atoms with E-state index in [1.165, 1.54) is 18.3 Å². The molecule has 12 heteroatoms. The van der Waals surface area contributed by atoms with E-state index in [2.05, 4.69) is 28.7 Å². The molecule has 2 aromatic rings. The van der Waals surface area contributed by atoms with Gasteiger partial charge in [-0.1, -0.05) is 26.7 Å². The van der Waals surface area contributed by atoms with Crippen molar-refractivity contribution in [1.29, 1.82) is 0 Å². The Bertz CT molecular complexity index is 1120. The van der Waals surface area contributed by atoms with Crippen LogP contribution in [0.3, 0.4) is 0 Å². The summed E-state index contributed by atoms with van der Waals surface area (Å²) in [6.07, 6.45) is 7.41. The van der Waals surface area contributed by atoms with Crippen LogP contribution in [0.2, 0.25) is 0 Å². The van der Waals surface area contributed by atoms with Crippen LogP contribution in [0.4, 0.5) is 9.93 Å². The first-order valence-corrected chi connectivity index (χ1v) is 12.7. The Morgan fingerprint density at radius 2 is 1.97 bits per heavy atom. The second kappa shape index (κ2) is 10.2. The van der Waals surface area contributed by atoms with Gasteiger partial charge in [0.25, 0.3) is 11.8 Å². The van der Waals surface area contributed by atoms with Gasteiger partial charge in [-0.2, -0.15) is 0 Å². The van der Waals surface area contributed by atoms with Crippen LogP contribution in [0.1, 0.15) is 72.6 Å². The zero-order valence-corrected chi connectivity index (χ0v) is 20.9. The minimum absolute atomic E-state index is 0.0978. The van der Waals surface area contributed by atoms with Crippen molar-refractivity contribution in [2.24, 2.45) is 17.7 Å². The summed E-state index contributed by atoms with van der Waals surface area (Å²) in [6.45, 7) is 6.59. The fraction of sp³-hybridized carbons (Fsp3) is 0.565. The minimum atomic E-state index is -1.07. The maximum absolute atomic E-state index is 13.6. The first-order chi connectivity index (χ1) is 16.7. The Labute approximate surface area is 207 Å². The lowest BCUT2D eigenvalue weighted by molar-refractivity contribution is 0.0569. The number of nitrogens with one attached hydrogen (secondary N) is 1. The van der Waals surface area contributed by atoms with Gasteiger partial charge < -0.3 is 4.90 Å². The van der Waals surface area contributed by atoms with Gasteiger partial charge in [-0.3, -0.25) is 29.3 Å². The normalized spacial score (nSPS) is 16.1. The van der Waals surface area contributed by atoms with Crippen molar-refractivity contribution in [3.05, 3.63) is 28.8 Å². The molecule has 11 nitrogen and oxygen atoms in total. The molecule has 0 spiro atoms. The molecule has 1 radical (unpaired) electrons. The fourth-order valence-corrected chi connectivity index (χ4v) is 4.92. The van der Waals surface area contributed by atoms with Gasteiger partial charge in [0.1, 0.15) is 23.8 Å². The van der Waals surface area contributed by atoms with E-state index in [4.69, 9.17) is 5.84 Å². The van der Waals surface area contributed by atoms with Crippen LogP contribution in [0.25, 0.3) is 0 Å². The van der Waals surface area contributed by atoms with E-state index in [1.807, 2.05) is 11.7 Å². The van der Waals surface area contributed by atoms with Gasteiger partial charge in [-0.15, -0.1) is 11.3 Å². The molecule has 2 saturated carbocycles. The fourth-order valence-electron chi connectivity index (χ4n) is 4.04. The lowest BCUT2D eigenvalue weighted by Gasteiger charge is -2.25. The zero-order valence-electron chi connectivity index (χ0n) is 20.1. The number of anilines is 1. The summed E-state index contributed by atoms with van der Waals surface area (Å²) in [5.74, 6) is 4.42. The number of thiazole rings is 1. The summed E-state index contributed by atoms with van der Waals surface area (Å²) in [7, 11) is 0. The SMILES string of the molecule is Cc1c(C(=O)N(C(=O)c2csc(N(CC(C)C)C3CC3)n2)[C@H]([C]=O)CC2CC2)ncn1C(=O)NN. The molecule has 4 rings (SSSR count). The quantitative estimate of drug-likeness (QED) is 0.219. The highest BCUT2D eigenvalue weighted by molar-refractivity contribution is 7.14. The van der Waals surface area contributed by atoms with E-state index in [9.17, 15) is 19.2 Å². The number of imide groups is 1. The third-order valence-electron chi connectivity index (χ3n) is 6.20. The topological polar surface area (TPSA) is 144 Å². The second-order valence-corrected chi connectivity index (χ2v) is 10.4. The number of amides is 3. The van der Waals surface area contributed by atoms with Crippen LogP contribution in [-0.4, -0.2) is 62.2 Å². The van der Waals surface area contributed by atoms with E-state index in [0.29, 0.717) is 18.4 Å². The monoisotopic (exact) mass is 500 g/mol. The highest BCUT2D eigenvalue weighted by Gasteiger charge is 2.39. The van der Waals surface area contributed by atoms with Crippen molar-refractivity contribution in [2.45, 2.75) is 65.0 Å². The molecule has 0 saturated heterocycles. The maximum Gasteiger partial charge on any atom is 0.341 e. The van der Waals surface area contributed by atoms with Gasteiger partial charge in [0, 0.05) is 18.0 Å². The van der Waals surface area contributed by atoms with Crippen molar-refractivity contribution in [3.8, 4) is 0 Å². The number of hydrogen-bond acceptors (Lipinski definition) is 9. The zero-order chi connectivity index (χ0) is 25.3. The van der Waals surface area contributed by atoms with Crippen molar-refractivity contribution < 1.29 is 19.2 Å². The number of hydrazine groups is 1. The van der Waals surface area contributed by atoms with Gasteiger partial charge in [0.15, 0.2) is 5.13 Å². The average Bonchev–Trinajstić information content (AvgIpc) is 3.76. The van der Waals surface area contributed by atoms with Crippen LogP contribution < -0.4 is 16.2 Å². The summed E-state index contributed by atoms with van der Waals surface area (Å²) >= 11 is 1.35. The van der Waals surface area contributed by atoms with Crippen molar-refractivity contribution >= 4 is 40.6 Å². The number of carbonyl (C=O) groups excluding carboxylic acids is 4. The molecule has 0 aliphatic heterocycles. The van der Waals surface area contributed by atoms with Gasteiger partial charge in [-0.05, 0) is 38.0 Å². The predicted octanol–water partition coefficient (Wildman–Crippen LogP) is 2.27. The molecule has 2 heterocycles. The molecule has 2 aliphatic carbocycles. The molecule has 3 N–H and O–H groups in total. The molecule has 2 fully saturated rings. The molecule has 2 aromatic heterocycles. The standard InChI is InChI=1S/C23H30N7O4S/c1-13(2)9-28(16-6-7-16)23-26-18(11-35-23)20(32)30(17(10-31)8-15-4-5-15)21(33)19-14(3)29(12-25-19)22(34)27-24/h11-13,15-17H,4-9,24H2,1-3H3,(H,27,34)/t17-/m0/s1. The van der Waals surface area contributed by atoms with Crippen LogP contribution in [-0.2, 0) is 4.79 Å². The Morgan fingerprint density at radius 1 is 1.26 bits per heavy atom. The molecule has 0 unspecified atom stereocenters. The highest BCUT2D eigenvalue weighted by Crippen LogP contribution is 2.36. The second-order valence-electron chi connectivity index (χ2n) is 9.58. The highest BCUT2D eigenvalue weighted by atomic mass is 32.1. The maximum atomic E-state index is 13.6. The Morgan fingerprint density at radius 3 is 2.54 bits per heavy atom. The summed E-state index contributed by atoms with van der Waals surface area (Å²) < 4.78 is 1.07. The molecule has 0 aromatic carbocycles. The number of nitrogens with zero attached hydrogens (tertiary/aromatic N) is 5. The number of rotatable bonds is 10. The van der Waals surface area contributed by atoms with E-state index in [0.717, 1.165) is 53.2 Å². The van der Waals surface area contributed by atoms with Crippen LogP contribution >= 0.6 is 11.3 Å². The van der Waals surface area contributed by atoms with E-state index >= 15 is 0 Å². The molecule has 1 atom stereocenters. The number of imidazole rings is 1. The Kier molecular flexibility index (Phi) is 7.31. The van der Waals surface area contributed by atoms with Crippen LogP contribution in [0, 0.1) is 18.8 Å². The number of nitrogen functional groups attached to an aromatic ring is 1. The van der Waals surface area contributed by atoms with E-state index in [1.54, 1.807) is 5.38 Å². The van der Waals surface area contributed by atoms with Crippen molar-refractivity contribution in [3.63, 3.8) is 0 Å². The van der Waals surface area contributed by atoms with Gasteiger partial charge in [0.2, 0.25) is 6.29 Å². The molecule has 3 amide bonds. The van der Waals surface area contributed by atoms with Crippen LogP contribution in [0.15, 0.2) is 11.7 Å². The van der Waals surface area contributed by atoms with Crippen molar-refractivity contribution in [2.75, 3.05) is 11.4 Å². The number of hydrogen-bond donors (Lipinski definition) is 2. The number of aromatic nitrogens is 3. The summed E-state index contributed by atoms with van der Waals surface area (Å²) in [6, 6.07) is -1.34. The Balaban J connectivity index is 1.65. The first kappa shape index (κ1) is 25.0. The Hall–Kier alpha value is -3.12. The largest absolute Gasteiger partial charge is 0.345 e. The minimum Gasteiger partial charge on any atom is -0.345 e. The average molecular weight is 501 g/mol. The van der Waals surface area contributed by atoms with Gasteiger partial charge >= 0.3 is 6.03 Å². The smallest absolute Gasteiger partial charge is 0.341 e. The molecular weight excluding hydrogens is 470 g/mol. The summed E-state index contributed by atoms with van der Waals surface area (Å²) in [4.78, 5) is 62.8. The molecule has 0 bridgehead atoms. The third-order valence-corrected chi connectivity index (χ3v) is 7.07. The molecule has 187 valence electrons. The van der Waals surface area contributed by atoms with Crippen molar-refractivity contribution in [1.82, 2.24) is 24.9 Å². The van der Waals surface area contributed by atoms with E-state index in [-0.39, 0.29) is 23.0 Å². The van der Waals surface area contributed by atoms with Gasteiger partial charge in [0.05, 0.1) is 5.69 Å². The number of nitrogens with two attached hydrogens (primary N) is 1. The first-order valence-electron chi connectivity index (χ1n) is 11.8. The molecular formula is C23H30N7O4S. The lowest BCUT2D eigenvalue weighted by atomic mass is 10.1. The third kappa shape index (κ3) is 5.43. The molecule has 35 heavy (non-hydrogen) atoms. The van der Waals surface area contributed by atoms with Crippen LogP contribution in [0.5, 0.6) is 0 Å². The van der Waals surface area contributed by atoms with E-state index < -0.39 is 23.9 Å². The summed E-state index contributed by atoms with van der Waals surface area (Å²) in [5, 5.41) is 2.35. The predicted molar refractivity (Wildman–Crippen MR) is 130 cm³/mol. The summed E-state index contributed by atoms with van der Waals surface area (Å²) in [5.41, 5.74) is 2.15. The molecule has 2 aliphatic rings. The van der Waals surface area contributed by atoms with Gasteiger partial charge in [-0.25, -0.2) is 20.6 Å². The lowest BCUT2D eigenvalue weighted by Crippen LogP contribution is -2.46.